The Bertz CT molecular complexity index is 1540. The van der Waals surface area contributed by atoms with Gasteiger partial charge < -0.3 is 15.4 Å². The molecule has 0 aliphatic heterocycles. The van der Waals surface area contributed by atoms with Crippen LogP contribution in [0.3, 0.4) is 0 Å². The summed E-state index contributed by atoms with van der Waals surface area (Å²) in [5.41, 5.74) is -0.429. The summed E-state index contributed by atoms with van der Waals surface area (Å²) in [7, 11) is 1.14. The zero-order chi connectivity index (χ0) is 28.9. The van der Waals surface area contributed by atoms with Crippen molar-refractivity contribution in [3.8, 4) is 0 Å². The largest absolute Gasteiger partial charge is 0.444 e. The van der Waals surface area contributed by atoms with E-state index in [0.29, 0.717) is 15.9 Å². The molecule has 2 N–H and O–H groups in total. The zero-order valence-electron chi connectivity index (χ0n) is 20.8. The van der Waals surface area contributed by atoms with Crippen molar-refractivity contribution in [1.82, 2.24) is 19.7 Å². The Morgan fingerprint density at radius 3 is 2.60 bits per heavy atom. The summed E-state index contributed by atoms with van der Waals surface area (Å²) in [6, 6.07) is 12.8. The molecule has 0 saturated heterocycles. The number of carbonyl (C=O) groups is 2. The first-order chi connectivity index (χ1) is 19.0. The molecule has 10 nitrogen and oxygen atoms in total. The maximum atomic E-state index is 13.5. The number of aromatic nitrogens is 4. The highest BCUT2D eigenvalue weighted by Crippen LogP contribution is 2.35. The molecule has 0 fully saturated rings. The van der Waals surface area contributed by atoms with Gasteiger partial charge in [-0.1, -0.05) is 24.8 Å². The molecule has 0 aliphatic rings. The summed E-state index contributed by atoms with van der Waals surface area (Å²) < 4.78 is 59.9. The predicted molar refractivity (Wildman–Crippen MR) is 138 cm³/mol. The molecule has 0 aliphatic carbocycles. The van der Waals surface area contributed by atoms with Gasteiger partial charge in [-0.05, 0) is 42.0 Å². The zero-order valence-corrected chi connectivity index (χ0v) is 20.8. The highest BCUT2D eigenvalue weighted by Gasteiger charge is 2.38. The van der Waals surface area contributed by atoms with E-state index in [1.807, 2.05) is 0 Å². The highest BCUT2D eigenvalue weighted by atomic mass is 19.4. The second kappa shape index (κ2) is 11.6. The predicted octanol–water partition coefficient (Wildman–Crippen LogP) is 5.71. The molecule has 2 amide bonds. The van der Waals surface area contributed by atoms with Gasteiger partial charge in [0.2, 0.25) is 11.9 Å². The average molecular weight is 555 g/mol. The van der Waals surface area contributed by atoms with Crippen LogP contribution in [-0.2, 0) is 29.4 Å². The molecule has 2 aromatic carbocycles. The number of aryl methyl sites for hydroxylation is 1. The summed E-state index contributed by atoms with van der Waals surface area (Å²) in [5.74, 6) is -1.28. The molecule has 0 radical (unpaired) electrons. The number of hydrogen-bond donors (Lipinski definition) is 2. The third-order valence-corrected chi connectivity index (χ3v) is 5.34. The molecule has 2 heterocycles. The van der Waals surface area contributed by atoms with Crippen molar-refractivity contribution in [2.24, 2.45) is 7.05 Å². The number of benzene rings is 2. The first-order valence-corrected chi connectivity index (χ1v) is 11.5. The molecule has 4 aromatic rings. The first-order valence-electron chi connectivity index (χ1n) is 11.5. The van der Waals surface area contributed by atoms with Gasteiger partial charge in [0.25, 0.3) is 0 Å². The third kappa shape index (κ3) is 6.59. The Balaban J connectivity index is 1.68. The van der Waals surface area contributed by atoms with Crippen LogP contribution in [-0.4, -0.2) is 31.7 Å². The van der Waals surface area contributed by atoms with Crippen LogP contribution in [0.5, 0.6) is 0 Å². The van der Waals surface area contributed by atoms with Crippen LogP contribution < -0.4 is 15.5 Å². The number of nitrogens with zero attached hydrogens (tertiary/aromatic N) is 5. The van der Waals surface area contributed by atoms with Gasteiger partial charge in [-0.3, -0.25) is 9.48 Å². The van der Waals surface area contributed by atoms with Gasteiger partial charge in [0.1, 0.15) is 18.2 Å². The van der Waals surface area contributed by atoms with Crippen molar-refractivity contribution in [2.75, 3.05) is 15.5 Å². The lowest BCUT2D eigenvalue weighted by atomic mass is 10.2. The molecule has 0 bridgehead atoms. The van der Waals surface area contributed by atoms with Gasteiger partial charge in [-0.2, -0.15) is 23.3 Å². The van der Waals surface area contributed by atoms with Crippen molar-refractivity contribution in [3.63, 3.8) is 0 Å². The van der Waals surface area contributed by atoms with E-state index in [1.54, 1.807) is 12.1 Å². The van der Waals surface area contributed by atoms with Gasteiger partial charge in [-0.15, -0.1) is 0 Å². The summed E-state index contributed by atoms with van der Waals surface area (Å²) in [6.45, 7) is 3.18. The van der Waals surface area contributed by atoms with Crippen molar-refractivity contribution in [1.29, 1.82) is 0 Å². The maximum absolute atomic E-state index is 13.5. The van der Waals surface area contributed by atoms with E-state index in [4.69, 9.17) is 4.74 Å². The van der Waals surface area contributed by atoms with Crippen LogP contribution in [0.1, 0.15) is 11.3 Å². The Kier molecular flexibility index (Phi) is 8.07. The van der Waals surface area contributed by atoms with Gasteiger partial charge in [0.05, 0.1) is 17.6 Å². The number of ether oxygens (including phenoxy) is 1. The molecule has 0 saturated carbocycles. The van der Waals surface area contributed by atoms with Crippen molar-refractivity contribution < 1.29 is 31.9 Å². The topological polar surface area (TPSA) is 114 Å². The van der Waals surface area contributed by atoms with E-state index < -0.39 is 35.4 Å². The van der Waals surface area contributed by atoms with Crippen LogP contribution in [0.25, 0.3) is 0 Å². The number of nitrogens with one attached hydrogen (secondary N) is 2. The lowest BCUT2D eigenvalue weighted by Crippen LogP contribution is -2.28. The first kappa shape index (κ1) is 27.8. The minimum absolute atomic E-state index is 0.0637. The van der Waals surface area contributed by atoms with Crippen LogP contribution in [0.15, 0.2) is 79.6 Å². The molecule has 0 atom stereocenters. The molecule has 2 aromatic heterocycles. The normalized spacial score (nSPS) is 11.0. The number of halogens is 4. The van der Waals surface area contributed by atoms with Crippen LogP contribution in [0, 0.1) is 5.82 Å². The summed E-state index contributed by atoms with van der Waals surface area (Å²) >= 11 is 0. The number of anilines is 5. The van der Waals surface area contributed by atoms with Crippen LogP contribution >= 0.6 is 0 Å². The number of rotatable bonds is 8. The summed E-state index contributed by atoms with van der Waals surface area (Å²) in [5, 5.41) is 8.70. The molecule has 4 rings (SSSR count). The maximum Gasteiger partial charge on any atom is 0.435 e. The van der Waals surface area contributed by atoms with Crippen LogP contribution in [0.4, 0.5) is 51.2 Å². The van der Waals surface area contributed by atoms with E-state index >= 15 is 0 Å². The van der Waals surface area contributed by atoms with Gasteiger partial charge in [0.15, 0.2) is 5.69 Å². The Morgan fingerprint density at radius 2 is 1.90 bits per heavy atom. The van der Waals surface area contributed by atoms with E-state index in [1.165, 1.54) is 48.7 Å². The molecular weight excluding hydrogens is 534 g/mol. The number of hydrogen-bond acceptors (Lipinski definition) is 7. The summed E-state index contributed by atoms with van der Waals surface area (Å²) in [4.78, 5) is 34.3. The number of alkyl halides is 3. The fraction of sp³-hybridized carbons (Fsp3) is 0.115. The third-order valence-electron chi connectivity index (χ3n) is 5.34. The Morgan fingerprint density at radius 1 is 1.15 bits per heavy atom. The van der Waals surface area contributed by atoms with E-state index in [0.717, 1.165) is 24.2 Å². The number of carbonyl (C=O) groups excluding carboxylic acids is 2. The Labute approximate surface area is 224 Å². The fourth-order valence-corrected chi connectivity index (χ4v) is 3.56. The fourth-order valence-electron chi connectivity index (χ4n) is 3.56. The van der Waals surface area contributed by atoms with Gasteiger partial charge in [-0.25, -0.2) is 19.1 Å². The molecular formula is C26H21F4N7O3. The van der Waals surface area contributed by atoms with E-state index in [-0.39, 0.29) is 24.1 Å². The lowest BCUT2D eigenvalue weighted by Gasteiger charge is -2.22. The van der Waals surface area contributed by atoms with E-state index in [2.05, 4.69) is 32.3 Å². The average Bonchev–Trinajstić information content (AvgIpc) is 3.29. The molecule has 0 spiro atoms. The van der Waals surface area contributed by atoms with Crippen molar-refractivity contribution >= 4 is 40.8 Å². The van der Waals surface area contributed by atoms with Gasteiger partial charge in [0, 0.05) is 25.0 Å². The highest BCUT2D eigenvalue weighted by molar-refractivity contribution is 6.00. The molecule has 0 unspecified atom stereocenters. The monoisotopic (exact) mass is 555 g/mol. The Hall–Kier alpha value is -5.27. The molecule has 40 heavy (non-hydrogen) atoms. The van der Waals surface area contributed by atoms with Crippen molar-refractivity contribution in [2.45, 2.75) is 12.8 Å². The number of amides is 2. The van der Waals surface area contributed by atoms with Crippen molar-refractivity contribution in [3.05, 3.63) is 96.7 Å². The standard InChI is InChI=1S/C26H21F4N7O3/c1-3-22(38)33-18-5-4-6-19(13-18)37(25(39)40-15-16-7-9-17(27)10-8-16)21-11-12-31-24(35-21)34-20-14-32-36(2)23(20)26(28,29)30/h3-14H,1,15H2,2H3,(H,33,38)(H,31,34,35). The SMILES string of the molecule is C=CC(=O)Nc1cccc(N(C(=O)OCc2ccc(F)cc2)c2ccnc(Nc3cnn(C)c3C(F)(F)F)n2)c1. The smallest absolute Gasteiger partial charge is 0.435 e. The van der Waals surface area contributed by atoms with E-state index in [9.17, 15) is 27.2 Å². The second-order valence-corrected chi connectivity index (χ2v) is 8.15. The van der Waals surface area contributed by atoms with Crippen LogP contribution in [0.2, 0.25) is 0 Å². The second-order valence-electron chi connectivity index (χ2n) is 8.15. The lowest BCUT2D eigenvalue weighted by molar-refractivity contribution is -0.143. The summed E-state index contributed by atoms with van der Waals surface area (Å²) in [6.07, 6.45) is -2.36. The minimum Gasteiger partial charge on any atom is -0.444 e. The van der Waals surface area contributed by atoms with Gasteiger partial charge >= 0.3 is 12.3 Å². The minimum atomic E-state index is -4.71. The molecule has 206 valence electrons. The molecule has 14 heteroatoms. The quantitative estimate of drug-likeness (QED) is 0.211.